The van der Waals surface area contributed by atoms with Crippen LogP contribution in [0, 0.1) is 6.07 Å². The van der Waals surface area contributed by atoms with E-state index in [1.54, 1.807) is 24.4 Å². The topological polar surface area (TPSA) is 50.9 Å². The number of hydrogen-bond donors (Lipinski definition) is 1. The number of phenolic OH excluding ortho intramolecular Hbond substituents is 1. The van der Waals surface area contributed by atoms with E-state index in [1.807, 2.05) is 154 Å². The SMILES string of the molecule is [2H]C(C)(C)c1cccc(C([2H])(C)C)c1-c1ccc(-n2c(-c3ccccc3O)nc3c(-c4[c-]c(-c5cc(-c6ccc(C(C([2H])([2H])[2H])(C([2H])([2H])[2H])C([2H])([2H])[2H])cc6)ccn5)cc(-c5ccccc5)c4)cccc32)cc1.[Pt]. The minimum Gasteiger partial charge on any atom is -0.507 e. The minimum atomic E-state index is -3.38. The van der Waals surface area contributed by atoms with Crippen molar-refractivity contribution < 1.29 is 41.3 Å². The number of aromatic hydroxyl groups is 1. The van der Waals surface area contributed by atoms with Gasteiger partial charge in [-0.2, -0.15) is 0 Å². The molecule has 9 aromatic rings. The van der Waals surface area contributed by atoms with Crippen molar-refractivity contribution in [2.75, 3.05) is 0 Å². The summed E-state index contributed by atoms with van der Waals surface area (Å²) in [7, 11) is 0. The third kappa shape index (κ3) is 8.58. The Morgan fingerprint density at radius 1 is 0.603 bits per heavy atom. The van der Waals surface area contributed by atoms with E-state index in [0.717, 1.165) is 50.1 Å². The van der Waals surface area contributed by atoms with Gasteiger partial charge in [-0.15, -0.1) is 23.8 Å². The molecule has 0 unspecified atom stereocenters. The van der Waals surface area contributed by atoms with Gasteiger partial charge in [0.2, 0.25) is 0 Å². The Morgan fingerprint density at radius 3 is 1.90 bits per heavy atom. The molecule has 0 amide bonds. The van der Waals surface area contributed by atoms with Gasteiger partial charge in [0.05, 0.1) is 16.6 Å². The molecule has 0 aliphatic carbocycles. The fourth-order valence-electron chi connectivity index (χ4n) is 8.22. The third-order valence-corrected chi connectivity index (χ3v) is 11.3. The third-order valence-electron chi connectivity index (χ3n) is 11.3. The molecule has 0 aliphatic rings. The molecule has 0 atom stereocenters. The molecule has 0 aliphatic heterocycles. The molecule has 0 radical (unpaired) electrons. The van der Waals surface area contributed by atoms with E-state index in [0.29, 0.717) is 44.9 Å². The van der Waals surface area contributed by atoms with Gasteiger partial charge in [0.15, 0.2) is 0 Å². The Labute approximate surface area is 402 Å². The fourth-order valence-corrected chi connectivity index (χ4v) is 8.22. The molecular weight excluding hydrogens is 950 g/mol. The number of para-hydroxylation sites is 2. The number of imidazole rings is 1. The average molecular weight is 1010 g/mol. The summed E-state index contributed by atoms with van der Waals surface area (Å²) in [5.41, 5.74) is 8.28. The van der Waals surface area contributed by atoms with Crippen molar-refractivity contribution in [2.45, 2.75) is 65.5 Å². The van der Waals surface area contributed by atoms with Crippen molar-refractivity contribution >= 4 is 11.0 Å². The van der Waals surface area contributed by atoms with Crippen LogP contribution >= 0.6 is 0 Å². The van der Waals surface area contributed by atoms with E-state index in [-0.39, 0.29) is 32.4 Å². The number of aromatic nitrogens is 3. The van der Waals surface area contributed by atoms with Crippen LogP contribution in [-0.2, 0) is 26.5 Å². The first-order chi connectivity index (χ1) is 34.3. The van der Waals surface area contributed by atoms with Crippen LogP contribution in [0.2, 0.25) is 0 Å². The summed E-state index contributed by atoms with van der Waals surface area (Å²) < 4.78 is 93.7. The zero-order valence-corrected chi connectivity index (χ0v) is 37.5. The number of nitrogens with zero attached hydrogens (tertiary/aromatic N) is 3. The predicted molar refractivity (Wildman–Crippen MR) is 259 cm³/mol. The van der Waals surface area contributed by atoms with Crippen molar-refractivity contribution in [1.82, 2.24) is 14.5 Å². The Bertz CT molecular complexity index is 3430. The minimum absolute atomic E-state index is 0. The smallest absolute Gasteiger partial charge is 0.148 e. The molecule has 0 saturated heterocycles. The molecular formula is C58H52N3OPt-. The zero-order chi connectivity index (χ0) is 52.5. The summed E-state index contributed by atoms with van der Waals surface area (Å²) in [6.07, 6.45) is 1.63. The first-order valence-corrected chi connectivity index (χ1v) is 20.5. The van der Waals surface area contributed by atoms with E-state index in [4.69, 9.17) is 25.0 Å². The standard InChI is InChI=1S/C58H52N3O.Pt/c1-37(2)48-18-13-19-49(38(3)4)55(48)41-25-29-47(30-26-41)61-53-21-14-20-50(56(53)60-57(61)51-17-11-12-22-54(51)62)44-33-43(39-15-9-8-10-16-39)34-45(35-44)52-36-42(31-32-59-52)40-23-27-46(28-24-40)58(5,6)7;/h8-34,36-38,62H,1-7H3;/q-1;/i5D3,6D3,7D3,37D,38D;. The predicted octanol–water partition coefficient (Wildman–Crippen LogP) is 15.5. The number of rotatable bonds is 9. The van der Waals surface area contributed by atoms with Crippen molar-refractivity contribution in [3.8, 4) is 78.6 Å². The summed E-state index contributed by atoms with van der Waals surface area (Å²) in [4.78, 5) is 10.1. The summed E-state index contributed by atoms with van der Waals surface area (Å²) in [5.74, 6) is -1.31. The van der Waals surface area contributed by atoms with Gasteiger partial charge in [-0.1, -0.05) is 180 Å². The van der Waals surface area contributed by atoms with Crippen LogP contribution in [0.15, 0.2) is 170 Å². The maximum atomic E-state index is 11.4. The zero-order valence-electron chi connectivity index (χ0n) is 46.3. The molecule has 5 heteroatoms. The number of fused-ring (bicyclic) bond motifs is 1. The Kier molecular flexibility index (Phi) is 8.89. The molecule has 1 N–H and O–H groups in total. The molecule has 63 heavy (non-hydrogen) atoms. The van der Waals surface area contributed by atoms with E-state index in [1.165, 1.54) is 24.3 Å². The quantitative estimate of drug-likeness (QED) is 0.147. The van der Waals surface area contributed by atoms with Gasteiger partial charge in [-0.05, 0) is 98.1 Å². The molecule has 0 bridgehead atoms. The second kappa shape index (κ2) is 17.8. The van der Waals surface area contributed by atoms with Crippen LogP contribution in [0.1, 0.15) is 91.8 Å². The number of phenols is 1. The maximum Gasteiger partial charge on any atom is 0.148 e. The Hall–Kier alpha value is -6.35. The van der Waals surface area contributed by atoms with Crippen LogP contribution in [-0.4, -0.2) is 19.6 Å². The average Bonchev–Trinajstić information content (AvgIpc) is 3.72. The molecule has 2 heterocycles. The molecule has 2 aromatic heterocycles. The molecule has 316 valence electrons. The van der Waals surface area contributed by atoms with Crippen LogP contribution in [0.4, 0.5) is 0 Å². The monoisotopic (exact) mass is 1010 g/mol. The van der Waals surface area contributed by atoms with Crippen molar-refractivity contribution in [2.24, 2.45) is 0 Å². The van der Waals surface area contributed by atoms with Gasteiger partial charge in [-0.3, -0.25) is 9.55 Å². The van der Waals surface area contributed by atoms with E-state index < -0.39 is 37.8 Å². The van der Waals surface area contributed by atoms with Gasteiger partial charge >= 0.3 is 0 Å². The molecule has 4 nitrogen and oxygen atoms in total. The fraction of sp³-hybridized carbons (Fsp3) is 0.172. The maximum absolute atomic E-state index is 11.4. The van der Waals surface area contributed by atoms with Crippen LogP contribution < -0.4 is 0 Å². The van der Waals surface area contributed by atoms with Gasteiger partial charge in [0.25, 0.3) is 0 Å². The first-order valence-electron chi connectivity index (χ1n) is 26.0. The normalized spacial score (nSPS) is 15.1. The summed E-state index contributed by atoms with van der Waals surface area (Å²) in [6, 6.07) is 53.6. The van der Waals surface area contributed by atoms with Gasteiger partial charge in [-0.25, -0.2) is 4.98 Å². The second-order valence-corrected chi connectivity index (χ2v) is 16.1. The molecule has 7 aromatic carbocycles. The van der Waals surface area contributed by atoms with E-state index in [9.17, 15) is 5.11 Å². The Balaban J connectivity index is 0.00000729. The van der Waals surface area contributed by atoms with Crippen molar-refractivity contribution in [1.29, 1.82) is 0 Å². The van der Waals surface area contributed by atoms with Crippen molar-refractivity contribution in [3.05, 3.63) is 193 Å². The summed E-state index contributed by atoms with van der Waals surface area (Å²) >= 11 is 0. The Morgan fingerprint density at radius 2 is 1.22 bits per heavy atom. The van der Waals surface area contributed by atoms with Crippen LogP contribution in [0.3, 0.4) is 0 Å². The molecule has 0 saturated carbocycles. The van der Waals surface area contributed by atoms with Crippen molar-refractivity contribution in [3.63, 3.8) is 0 Å². The summed E-state index contributed by atoms with van der Waals surface area (Å²) in [6.45, 7) is -2.73. The first kappa shape index (κ1) is 31.5. The molecule has 0 spiro atoms. The van der Waals surface area contributed by atoms with E-state index in [2.05, 4.69) is 6.07 Å². The van der Waals surface area contributed by atoms with Gasteiger partial charge in [0.1, 0.15) is 11.6 Å². The van der Waals surface area contributed by atoms with Gasteiger partial charge in [0, 0.05) is 53.7 Å². The van der Waals surface area contributed by atoms with Crippen LogP contribution in [0.5, 0.6) is 5.75 Å². The second-order valence-electron chi connectivity index (χ2n) is 16.1. The largest absolute Gasteiger partial charge is 0.507 e. The molecule has 9 rings (SSSR count). The molecule has 0 fully saturated rings. The number of benzene rings is 7. The summed E-state index contributed by atoms with van der Waals surface area (Å²) in [5, 5.41) is 11.4. The van der Waals surface area contributed by atoms with Crippen LogP contribution in [0.25, 0.3) is 83.9 Å². The van der Waals surface area contributed by atoms with Gasteiger partial charge < -0.3 is 5.11 Å². The van der Waals surface area contributed by atoms with E-state index >= 15 is 0 Å². The number of hydrogen-bond acceptors (Lipinski definition) is 3. The number of pyridine rings is 1.